The van der Waals surface area contributed by atoms with Crippen molar-refractivity contribution in [3.8, 4) is 0 Å². The Morgan fingerprint density at radius 3 is 1.35 bits per heavy atom. The van der Waals surface area contributed by atoms with Gasteiger partial charge in [-0.25, -0.2) is 0 Å². The smallest absolute Gasteiger partial charge is 0.333 e. The molecule has 4 aliphatic rings. The van der Waals surface area contributed by atoms with Crippen molar-refractivity contribution < 1.29 is 36.6 Å². The van der Waals surface area contributed by atoms with Gasteiger partial charge in [-0.15, -0.1) is 0 Å². The van der Waals surface area contributed by atoms with Crippen molar-refractivity contribution in [2.24, 2.45) is 10.8 Å². The Balaban J connectivity index is 1.25. The SMILES string of the molecule is CC1(C)COP(OC2COC3[C@@H]2OC[C@H]3OP2OCC(C)(C)CO2)OC1. The molecule has 2 unspecified atom stereocenters. The van der Waals surface area contributed by atoms with Gasteiger partial charge < -0.3 is 36.6 Å². The highest BCUT2D eigenvalue weighted by molar-refractivity contribution is 7.42. The molecule has 0 aromatic heterocycles. The standard InChI is InChI=1S/C16H28O8P2/c1-15(2)7-19-25(20-8-15)23-11-5-17-14-12(6-18-13(11)14)24-26-21-9-16(3,4)10-22-26/h11-14H,5-10H2,1-4H3/t11-,12?,13?,14-/m1/s1. The molecule has 4 heterocycles. The second-order valence-electron chi connectivity index (χ2n) is 8.75. The van der Waals surface area contributed by atoms with Crippen LogP contribution >= 0.6 is 17.2 Å². The molecule has 0 radical (unpaired) electrons. The van der Waals surface area contributed by atoms with Crippen molar-refractivity contribution in [3.05, 3.63) is 0 Å². The van der Waals surface area contributed by atoms with Crippen molar-refractivity contribution in [2.75, 3.05) is 39.6 Å². The van der Waals surface area contributed by atoms with Crippen LogP contribution in [-0.4, -0.2) is 64.1 Å². The van der Waals surface area contributed by atoms with Gasteiger partial charge in [0.05, 0.1) is 39.6 Å². The van der Waals surface area contributed by atoms with E-state index in [1.807, 2.05) is 0 Å². The van der Waals surface area contributed by atoms with Gasteiger partial charge in [0.15, 0.2) is 0 Å². The third-order valence-electron chi connectivity index (χ3n) is 4.65. The Morgan fingerprint density at radius 2 is 1.00 bits per heavy atom. The lowest BCUT2D eigenvalue weighted by Gasteiger charge is -2.34. The fourth-order valence-electron chi connectivity index (χ4n) is 3.02. The quantitative estimate of drug-likeness (QED) is 0.655. The molecule has 10 heteroatoms. The molecule has 26 heavy (non-hydrogen) atoms. The number of rotatable bonds is 4. The Bertz CT molecular complexity index is 441. The molecule has 0 bridgehead atoms. The number of fused-ring (bicyclic) bond motifs is 1. The Hall–Kier alpha value is 0.540. The lowest BCUT2D eigenvalue weighted by molar-refractivity contribution is -0.0263. The fourth-order valence-corrected chi connectivity index (χ4v) is 6.04. The summed E-state index contributed by atoms with van der Waals surface area (Å²) in [6.45, 7) is 11.8. The molecule has 0 aliphatic carbocycles. The second kappa shape index (κ2) is 7.75. The summed E-state index contributed by atoms with van der Waals surface area (Å²) in [5.41, 5.74) is 0.0485. The zero-order valence-corrected chi connectivity index (χ0v) is 17.5. The predicted molar refractivity (Wildman–Crippen MR) is 94.4 cm³/mol. The fraction of sp³-hybridized carbons (Fsp3) is 1.00. The molecule has 0 amide bonds. The number of hydrogen-bond acceptors (Lipinski definition) is 8. The van der Waals surface area contributed by atoms with E-state index in [0.717, 1.165) is 0 Å². The van der Waals surface area contributed by atoms with Crippen LogP contribution in [0, 0.1) is 10.8 Å². The predicted octanol–water partition coefficient (Wildman–Crippen LogP) is 3.15. The first-order valence-corrected chi connectivity index (χ1v) is 11.2. The number of ether oxygens (including phenoxy) is 2. The molecule has 8 nitrogen and oxygen atoms in total. The van der Waals surface area contributed by atoms with Crippen LogP contribution in [-0.2, 0) is 36.6 Å². The highest BCUT2D eigenvalue weighted by atomic mass is 31.2. The van der Waals surface area contributed by atoms with Gasteiger partial charge in [-0.3, -0.25) is 0 Å². The summed E-state index contributed by atoms with van der Waals surface area (Å²) < 4.78 is 46.6. The topological polar surface area (TPSA) is 73.8 Å². The van der Waals surface area contributed by atoms with Crippen LogP contribution in [0.2, 0.25) is 0 Å². The molecule has 4 aliphatic heterocycles. The maximum Gasteiger partial charge on any atom is 0.333 e. The van der Waals surface area contributed by atoms with Crippen molar-refractivity contribution in [1.82, 2.24) is 0 Å². The van der Waals surface area contributed by atoms with E-state index < -0.39 is 17.2 Å². The van der Waals surface area contributed by atoms with E-state index in [4.69, 9.17) is 36.6 Å². The Labute approximate surface area is 157 Å². The van der Waals surface area contributed by atoms with Gasteiger partial charge in [0.2, 0.25) is 0 Å². The summed E-state index contributed by atoms with van der Waals surface area (Å²) >= 11 is 0. The molecule has 0 spiro atoms. The largest absolute Gasteiger partial charge is 0.370 e. The van der Waals surface area contributed by atoms with Crippen molar-refractivity contribution in [1.29, 1.82) is 0 Å². The minimum atomic E-state index is -1.35. The van der Waals surface area contributed by atoms with Gasteiger partial charge in [-0.1, -0.05) is 27.7 Å². The first-order chi connectivity index (χ1) is 12.3. The van der Waals surface area contributed by atoms with Crippen LogP contribution in [0.1, 0.15) is 27.7 Å². The van der Waals surface area contributed by atoms with Gasteiger partial charge in [-0.2, -0.15) is 0 Å². The monoisotopic (exact) mass is 410 g/mol. The normalized spacial score (nSPS) is 40.6. The average molecular weight is 410 g/mol. The van der Waals surface area contributed by atoms with Crippen LogP contribution in [0.5, 0.6) is 0 Å². The van der Waals surface area contributed by atoms with Crippen LogP contribution in [0.15, 0.2) is 0 Å². The lowest BCUT2D eigenvalue weighted by atomic mass is 9.97. The minimum absolute atomic E-state index is 0.0242. The van der Waals surface area contributed by atoms with E-state index in [0.29, 0.717) is 39.6 Å². The summed E-state index contributed by atoms with van der Waals surface area (Å²) in [7, 11) is -2.70. The Kier molecular flexibility index (Phi) is 5.92. The zero-order chi connectivity index (χ0) is 18.4. The van der Waals surface area contributed by atoms with E-state index in [9.17, 15) is 0 Å². The van der Waals surface area contributed by atoms with Crippen LogP contribution < -0.4 is 0 Å². The first-order valence-electron chi connectivity index (χ1n) is 9.00. The van der Waals surface area contributed by atoms with Gasteiger partial charge in [0.1, 0.15) is 24.4 Å². The summed E-state index contributed by atoms with van der Waals surface area (Å²) in [5, 5.41) is 0. The molecular weight excluding hydrogens is 382 g/mol. The van der Waals surface area contributed by atoms with E-state index in [1.165, 1.54) is 0 Å². The molecule has 4 atom stereocenters. The van der Waals surface area contributed by atoms with Gasteiger partial charge in [0.25, 0.3) is 0 Å². The van der Waals surface area contributed by atoms with E-state index in [1.54, 1.807) is 0 Å². The maximum atomic E-state index is 5.98. The van der Waals surface area contributed by atoms with Crippen LogP contribution in [0.25, 0.3) is 0 Å². The average Bonchev–Trinajstić information content (AvgIpc) is 3.15. The van der Waals surface area contributed by atoms with E-state index in [-0.39, 0.29) is 35.2 Å². The molecule has 0 aromatic carbocycles. The lowest BCUT2D eigenvalue weighted by Crippen LogP contribution is -2.35. The zero-order valence-electron chi connectivity index (χ0n) is 15.7. The van der Waals surface area contributed by atoms with Gasteiger partial charge >= 0.3 is 17.2 Å². The summed E-state index contributed by atoms with van der Waals surface area (Å²) in [6, 6.07) is 0. The Morgan fingerprint density at radius 1 is 0.654 bits per heavy atom. The summed E-state index contributed by atoms with van der Waals surface area (Å²) in [4.78, 5) is 0. The molecule has 4 saturated heterocycles. The van der Waals surface area contributed by atoms with Crippen molar-refractivity contribution in [2.45, 2.75) is 52.1 Å². The first kappa shape index (κ1) is 19.8. The minimum Gasteiger partial charge on any atom is -0.370 e. The molecule has 4 fully saturated rings. The molecule has 0 aromatic rings. The molecule has 4 rings (SSSR count). The van der Waals surface area contributed by atoms with Crippen molar-refractivity contribution in [3.63, 3.8) is 0 Å². The van der Waals surface area contributed by atoms with Crippen LogP contribution in [0.3, 0.4) is 0 Å². The molecular formula is C16H28O8P2. The third-order valence-corrected chi connectivity index (χ3v) is 6.89. The van der Waals surface area contributed by atoms with Crippen molar-refractivity contribution >= 4 is 17.2 Å². The van der Waals surface area contributed by atoms with Crippen LogP contribution in [0.4, 0.5) is 0 Å². The number of hydrogen-bond donors (Lipinski definition) is 0. The van der Waals surface area contributed by atoms with E-state index in [2.05, 4.69) is 27.7 Å². The van der Waals surface area contributed by atoms with Gasteiger partial charge in [-0.05, 0) is 0 Å². The summed E-state index contributed by atoms with van der Waals surface area (Å²) in [5.74, 6) is 0. The second-order valence-corrected chi connectivity index (χ2v) is 11.1. The summed E-state index contributed by atoms with van der Waals surface area (Å²) in [6.07, 6.45) is -0.775. The highest BCUT2D eigenvalue weighted by Crippen LogP contribution is 2.52. The molecule has 0 N–H and O–H groups in total. The molecule has 150 valence electrons. The molecule has 0 saturated carbocycles. The third kappa shape index (κ3) is 4.57. The maximum absolute atomic E-state index is 5.98. The van der Waals surface area contributed by atoms with E-state index >= 15 is 0 Å². The van der Waals surface area contributed by atoms with Gasteiger partial charge in [0, 0.05) is 10.8 Å². The highest BCUT2D eigenvalue weighted by Gasteiger charge is 2.51.